The van der Waals surface area contributed by atoms with E-state index in [1.54, 1.807) is 6.92 Å². The van der Waals surface area contributed by atoms with Gasteiger partial charge in [0.15, 0.2) is 0 Å². The molecule has 0 aromatic heterocycles. The largest absolute Gasteiger partial charge is 0.463 e. The molecule has 4 heterocycles. The van der Waals surface area contributed by atoms with E-state index in [1.165, 1.54) is 31.2 Å². The predicted octanol–water partition coefficient (Wildman–Crippen LogP) is 1.95. The molecule has 0 radical (unpaired) electrons. The van der Waals surface area contributed by atoms with Gasteiger partial charge in [-0.05, 0) is 26.2 Å². The first-order valence-electron chi connectivity index (χ1n) is 14.0. The molecule has 2 bridgehead atoms. The minimum atomic E-state index is -1.19. The first-order valence-corrected chi connectivity index (χ1v) is 14.0. The number of hydrogen-bond donors (Lipinski definition) is 0. The molecule has 11 heteroatoms. The zero-order valence-electron chi connectivity index (χ0n) is 23.2. The summed E-state index contributed by atoms with van der Waals surface area (Å²) in [6.45, 7) is 7.47. The summed E-state index contributed by atoms with van der Waals surface area (Å²) < 4.78 is 41.7. The Labute approximate surface area is 232 Å². The van der Waals surface area contributed by atoms with E-state index in [-0.39, 0.29) is 37.4 Å². The molecule has 40 heavy (non-hydrogen) atoms. The van der Waals surface area contributed by atoms with E-state index in [0.717, 1.165) is 0 Å². The molecule has 5 fully saturated rings. The Morgan fingerprint density at radius 3 is 2.40 bits per heavy atom. The van der Waals surface area contributed by atoms with E-state index in [9.17, 15) is 19.2 Å². The molecule has 3 saturated heterocycles. The van der Waals surface area contributed by atoms with Crippen molar-refractivity contribution in [3.05, 3.63) is 24.3 Å². The predicted molar refractivity (Wildman–Crippen MR) is 134 cm³/mol. The third-order valence-corrected chi connectivity index (χ3v) is 10.3. The summed E-state index contributed by atoms with van der Waals surface area (Å²) in [6.07, 6.45) is 4.62. The molecule has 2 spiro atoms. The molecule has 11 nitrogen and oxygen atoms in total. The summed E-state index contributed by atoms with van der Waals surface area (Å²) in [5.41, 5.74) is -2.53. The number of esters is 4. The number of cyclic esters (lactones) is 2. The van der Waals surface area contributed by atoms with Gasteiger partial charge >= 0.3 is 23.9 Å². The standard InChI is InChI=1S/C29H36O11/c1-16-9-12-34-20(31)7-5-6-8-21(32)38-18-13-19-29(15-36-29)27(18,4)28(14-35-25(33)22(16)37-17(2)30)11-10-26(3)23(40-26)24(28)39-19/h5-8,16,18-19,22-24H,9-15H2,1-4H3/b7-5+,8-6-/t16?,18-,19-,22?,23+,24-,26-,27-,28-,29?/m1/s1. The summed E-state index contributed by atoms with van der Waals surface area (Å²) in [7, 11) is 0. The third-order valence-electron chi connectivity index (χ3n) is 10.3. The lowest BCUT2D eigenvalue weighted by atomic mass is 9.50. The Balaban J connectivity index is 1.38. The zero-order chi connectivity index (χ0) is 28.5. The van der Waals surface area contributed by atoms with Gasteiger partial charge in [-0.25, -0.2) is 14.4 Å². The van der Waals surface area contributed by atoms with E-state index >= 15 is 0 Å². The number of epoxide rings is 2. The molecule has 10 atom stereocenters. The highest BCUT2D eigenvalue weighted by atomic mass is 16.7. The second-order valence-electron chi connectivity index (χ2n) is 12.4. The molecule has 4 aliphatic heterocycles. The molecule has 218 valence electrons. The lowest BCUT2D eigenvalue weighted by Gasteiger charge is -2.58. The van der Waals surface area contributed by atoms with Gasteiger partial charge in [-0.15, -0.1) is 0 Å². The normalized spacial score (nSPS) is 49.6. The second-order valence-corrected chi connectivity index (χ2v) is 12.4. The minimum Gasteiger partial charge on any atom is -0.463 e. The molecule has 0 amide bonds. The summed E-state index contributed by atoms with van der Waals surface area (Å²) in [4.78, 5) is 50.4. The van der Waals surface area contributed by atoms with Crippen LogP contribution in [0.3, 0.4) is 0 Å². The van der Waals surface area contributed by atoms with Crippen molar-refractivity contribution in [2.24, 2.45) is 16.7 Å². The van der Waals surface area contributed by atoms with Gasteiger partial charge in [0, 0.05) is 36.8 Å². The lowest BCUT2D eigenvalue weighted by molar-refractivity contribution is -0.253. The second kappa shape index (κ2) is 9.39. The summed E-state index contributed by atoms with van der Waals surface area (Å²) in [5.74, 6) is -2.98. The van der Waals surface area contributed by atoms with E-state index in [0.29, 0.717) is 25.9 Å². The minimum absolute atomic E-state index is 0.000405. The number of hydrogen-bond acceptors (Lipinski definition) is 11. The number of fused-ring (bicyclic) bond motifs is 2. The molecule has 0 N–H and O–H groups in total. The van der Waals surface area contributed by atoms with Gasteiger partial charge in [-0.2, -0.15) is 0 Å². The number of allylic oxidation sites excluding steroid dienone is 2. The van der Waals surface area contributed by atoms with Crippen molar-refractivity contribution in [2.75, 3.05) is 19.8 Å². The van der Waals surface area contributed by atoms with Gasteiger partial charge in [0.1, 0.15) is 24.4 Å². The van der Waals surface area contributed by atoms with Crippen molar-refractivity contribution in [3.8, 4) is 0 Å². The van der Waals surface area contributed by atoms with Crippen LogP contribution in [0.1, 0.15) is 53.4 Å². The van der Waals surface area contributed by atoms with Crippen molar-refractivity contribution in [3.63, 3.8) is 0 Å². The van der Waals surface area contributed by atoms with Gasteiger partial charge in [-0.1, -0.05) is 26.0 Å². The van der Waals surface area contributed by atoms with Crippen molar-refractivity contribution in [1.29, 1.82) is 0 Å². The first-order chi connectivity index (χ1) is 19.0. The average molecular weight is 561 g/mol. The molecule has 2 saturated carbocycles. The van der Waals surface area contributed by atoms with Crippen LogP contribution in [0.25, 0.3) is 0 Å². The van der Waals surface area contributed by atoms with Crippen molar-refractivity contribution in [2.45, 2.75) is 95.1 Å². The monoisotopic (exact) mass is 560 g/mol. The van der Waals surface area contributed by atoms with Crippen LogP contribution >= 0.6 is 0 Å². The van der Waals surface area contributed by atoms with E-state index in [2.05, 4.69) is 13.8 Å². The fraction of sp³-hybridized carbons (Fsp3) is 0.724. The molecule has 6 aliphatic rings. The Kier molecular flexibility index (Phi) is 6.43. The Morgan fingerprint density at radius 1 is 0.975 bits per heavy atom. The van der Waals surface area contributed by atoms with Crippen LogP contribution in [0, 0.1) is 16.7 Å². The van der Waals surface area contributed by atoms with Crippen LogP contribution in [-0.2, 0) is 52.3 Å². The highest BCUT2D eigenvalue weighted by Crippen LogP contribution is 2.75. The highest BCUT2D eigenvalue weighted by molar-refractivity contribution is 5.84. The van der Waals surface area contributed by atoms with Crippen LogP contribution in [0.4, 0.5) is 0 Å². The van der Waals surface area contributed by atoms with Gasteiger partial charge in [-0.3, -0.25) is 4.79 Å². The SMILES string of the molecule is CC(=O)OC1C(=O)OC[C@]23CC[C@@]4(C)O[C@H]4[C@H]2O[C@@H]2C[C@@H](OC(=O)/C=C\C=C\C(=O)OCCC1C)[C@@]3(C)C21CO1. The number of carbonyl (C=O) groups excluding carboxylic acids is 4. The van der Waals surface area contributed by atoms with Gasteiger partial charge in [0.25, 0.3) is 0 Å². The first kappa shape index (κ1) is 27.4. The van der Waals surface area contributed by atoms with Gasteiger partial charge in [0.05, 0.1) is 36.4 Å². The Bertz CT molecular complexity index is 1170. The summed E-state index contributed by atoms with van der Waals surface area (Å²) in [5, 5.41) is 0. The van der Waals surface area contributed by atoms with Gasteiger partial charge in [0.2, 0.25) is 6.10 Å². The Hall–Kier alpha value is -2.76. The quantitative estimate of drug-likeness (QED) is 0.264. The van der Waals surface area contributed by atoms with Crippen LogP contribution in [0.2, 0.25) is 0 Å². The number of carbonyl (C=O) groups is 4. The topological polar surface area (TPSA) is 139 Å². The third kappa shape index (κ3) is 4.03. The molecule has 0 aromatic rings. The fourth-order valence-corrected chi connectivity index (χ4v) is 7.69. The Morgan fingerprint density at radius 2 is 1.70 bits per heavy atom. The maximum absolute atomic E-state index is 13.5. The molecule has 6 rings (SSSR count). The van der Waals surface area contributed by atoms with Crippen molar-refractivity contribution < 1.29 is 52.3 Å². The van der Waals surface area contributed by atoms with E-state index in [4.69, 9.17) is 33.2 Å². The summed E-state index contributed by atoms with van der Waals surface area (Å²) in [6, 6.07) is 0. The maximum Gasteiger partial charge on any atom is 0.347 e. The lowest BCUT2D eigenvalue weighted by Crippen LogP contribution is -2.69. The number of rotatable bonds is 1. The molecular formula is C29H36O11. The maximum atomic E-state index is 13.5. The smallest absolute Gasteiger partial charge is 0.347 e. The van der Waals surface area contributed by atoms with E-state index < -0.39 is 64.5 Å². The van der Waals surface area contributed by atoms with E-state index in [1.807, 2.05) is 0 Å². The molecular weight excluding hydrogens is 524 g/mol. The van der Waals surface area contributed by atoms with Crippen molar-refractivity contribution in [1.82, 2.24) is 0 Å². The molecule has 2 aliphatic carbocycles. The van der Waals surface area contributed by atoms with Crippen LogP contribution in [0.15, 0.2) is 24.3 Å². The molecule has 3 unspecified atom stereocenters. The highest BCUT2D eigenvalue weighted by Gasteiger charge is 2.86. The zero-order valence-corrected chi connectivity index (χ0v) is 23.2. The molecule has 0 aromatic carbocycles. The van der Waals surface area contributed by atoms with Crippen molar-refractivity contribution >= 4 is 23.9 Å². The average Bonchev–Trinajstić information content (AvgIpc) is 3.81. The van der Waals surface area contributed by atoms with Gasteiger partial charge < -0.3 is 33.2 Å². The van der Waals surface area contributed by atoms with Crippen LogP contribution in [0.5, 0.6) is 0 Å². The summed E-state index contributed by atoms with van der Waals surface area (Å²) >= 11 is 0. The fourth-order valence-electron chi connectivity index (χ4n) is 7.69. The number of ether oxygens (including phenoxy) is 7. The van der Waals surface area contributed by atoms with Crippen LogP contribution < -0.4 is 0 Å². The van der Waals surface area contributed by atoms with Crippen LogP contribution in [-0.4, -0.2) is 85.4 Å².